The average Bonchev–Trinajstić information content (AvgIpc) is 2.07. The van der Waals surface area contributed by atoms with Crippen molar-refractivity contribution in [3.05, 3.63) is 28.8 Å². The fourth-order valence-electron chi connectivity index (χ4n) is 0.849. The Labute approximate surface area is 99.2 Å². The molecule has 0 amide bonds. The molecule has 0 aliphatic rings. The first-order valence-corrected chi connectivity index (χ1v) is 4.06. The normalized spacial score (nSPS) is 9.00. The van der Waals surface area contributed by atoms with Gasteiger partial charge in [-0.2, -0.15) is 0 Å². The van der Waals surface area contributed by atoms with Crippen LogP contribution in [0.1, 0.15) is 5.56 Å². The van der Waals surface area contributed by atoms with Crippen LogP contribution in [0.4, 0.5) is 0 Å². The van der Waals surface area contributed by atoms with Gasteiger partial charge in [0, 0.05) is 5.02 Å². The zero-order valence-electron chi connectivity index (χ0n) is 8.04. The summed E-state index contributed by atoms with van der Waals surface area (Å²) in [7, 11) is 0. The van der Waals surface area contributed by atoms with Gasteiger partial charge in [-0.15, -0.1) is 0 Å². The molecule has 0 aliphatic carbocycles. The summed E-state index contributed by atoms with van der Waals surface area (Å²) in [5.41, 5.74) is 0.845. The van der Waals surface area contributed by atoms with Crippen molar-refractivity contribution in [1.82, 2.24) is 0 Å². The van der Waals surface area contributed by atoms with E-state index in [1.165, 1.54) is 0 Å². The maximum atomic E-state index is 10.1. The van der Waals surface area contributed by atoms with Gasteiger partial charge in [0.05, 0.1) is 5.97 Å². The van der Waals surface area contributed by atoms with Gasteiger partial charge < -0.3 is 14.6 Å². The van der Waals surface area contributed by atoms with Crippen LogP contribution in [0.25, 0.3) is 0 Å². The number of halogens is 1. The topological polar surface area (TPSA) is 49.4 Å². The summed E-state index contributed by atoms with van der Waals surface area (Å²) < 4.78 is 4.88. The minimum atomic E-state index is -1.24. The van der Waals surface area contributed by atoms with Crippen LogP contribution in [0.2, 0.25) is 5.02 Å². The van der Waals surface area contributed by atoms with Crippen molar-refractivity contribution >= 4 is 17.6 Å². The second-order valence-corrected chi connectivity index (χ2v) is 2.98. The molecule has 0 N–H and O–H groups in total. The maximum absolute atomic E-state index is 10.1. The molecule has 14 heavy (non-hydrogen) atoms. The van der Waals surface area contributed by atoms with Crippen LogP contribution in [-0.4, -0.2) is 12.6 Å². The Morgan fingerprint density at radius 1 is 1.57 bits per heavy atom. The molecular formula is C9H8ClLiO3. The van der Waals surface area contributed by atoms with Crippen LogP contribution in [0, 0.1) is 6.92 Å². The maximum Gasteiger partial charge on any atom is 1.00 e. The van der Waals surface area contributed by atoms with Gasteiger partial charge in [-0.3, -0.25) is 0 Å². The molecule has 3 nitrogen and oxygen atoms in total. The summed E-state index contributed by atoms with van der Waals surface area (Å²) in [6.07, 6.45) is 0. The van der Waals surface area contributed by atoms with Gasteiger partial charge in [0.2, 0.25) is 0 Å². The molecule has 0 aromatic heterocycles. The number of rotatable bonds is 3. The van der Waals surface area contributed by atoms with E-state index < -0.39 is 12.6 Å². The molecule has 1 aromatic rings. The van der Waals surface area contributed by atoms with E-state index in [4.69, 9.17) is 16.3 Å². The Morgan fingerprint density at radius 3 is 2.71 bits per heavy atom. The van der Waals surface area contributed by atoms with Crippen LogP contribution in [0.5, 0.6) is 5.75 Å². The van der Waals surface area contributed by atoms with Gasteiger partial charge in [0.15, 0.2) is 0 Å². The number of hydrogen-bond acceptors (Lipinski definition) is 3. The third kappa shape index (κ3) is 4.06. The van der Waals surface area contributed by atoms with Crippen LogP contribution >= 0.6 is 11.6 Å². The third-order valence-electron chi connectivity index (χ3n) is 1.49. The Hall–Kier alpha value is -0.623. The standard InChI is InChI=1S/C9H9ClO3.Li/c1-6-4-7(2-3-8(6)10)13-5-9(11)12;/h2-4H,5H2,1H3,(H,11,12);/q;+1/p-1. The molecular weight excluding hydrogens is 198 g/mol. The van der Waals surface area contributed by atoms with Gasteiger partial charge in [0.25, 0.3) is 0 Å². The summed E-state index contributed by atoms with van der Waals surface area (Å²) in [6.45, 7) is 1.37. The first kappa shape index (κ1) is 13.4. The molecule has 0 aliphatic heterocycles. The molecule has 1 rings (SSSR count). The Kier molecular flexibility index (Phi) is 5.71. The van der Waals surface area contributed by atoms with Crippen molar-refractivity contribution in [2.45, 2.75) is 6.92 Å². The number of benzene rings is 1. The van der Waals surface area contributed by atoms with E-state index in [1.807, 2.05) is 6.92 Å². The average molecular weight is 207 g/mol. The zero-order chi connectivity index (χ0) is 9.84. The van der Waals surface area contributed by atoms with Crippen molar-refractivity contribution in [3.63, 3.8) is 0 Å². The minimum absolute atomic E-state index is 0. The first-order chi connectivity index (χ1) is 6.09. The fourth-order valence-corrected chi connectivity index (χ4v) is 0.967. The predicted octanol–water partition coefficient (Wildman–Crippen LogP) is -2.22. The van der Waals surface area contributed by atoms with E-state index in [1.54, 1.807) is 18.2 Å². The van der Waals surface area contributed by atoms with E-state index in [2.05, 4.69) is 0 Å². The number of carboxylic acids is 1. The molecule has 0 saturated carbocycles. The van der Waals surface area contributed by atoms with E-state index in [9.17, 15) is 9.90 Å². The monoisotopic (exact) mass is 206 g/mol. The molecule has 0 spiro atoms. The smallest absolute Gasteiger partial charge is 0.546 e. The molecule has 5 heteroatoms. The number of ether oxygens (including phenoxy) is 1. The number of hydrogen-bond donors (Lipinski definition) is 0. The van der Waals surface area contributed by atoms with Crippen molar-refractivity contribution in [2.24, 2.45) is 0 Å². The Bertz CT molecular complexity index is 328. The molecule has 0 atom stereocenters. The van der Waals surface area contributed by atoms with E-state index in [0.29, 0.717) is 10.8 Å². The van der Waals surface area contributed by atoms with E-state index >= 15 is 0 Å². The van der Waals surface area contributed by atoms with Crippen LogP contribution in [-0.2, 0) is 4.79 Å². The molecule has 0 heterocycles. The van der Waals surface area contributed by atoms with Crippen LogP contribution < -0.4 is 28.7 Å². The van der Waals surface area contributed by atoms with Crippen LogP contribution in [0.15, 0.2) is 18.2 Å². The first-order valence-electron chi connectivity index (χ1n) is 3.68. The Morgan fingerprint density at radius 2 is 2.21 bits per heavy atom. The molecule has 0 saturated heterocycles. The second-order valence-electron chi connectivity index (χ2n) is 2.57. The predicted molar refractivity (Wildman–Crippen MR) is 46.7 cm³/mol. The van der Waals surface area contributed by atoms with E-state index in [0.717, 1.165) is 5.56 Å². The zero-order valence-corrected chi connectivity index (χ0v) is 8.80. The van der Waals surface area contributed by atoms with Gasteiger partial charge >= 0.3 is 18.9 Å². The second kappa shape index (κ2) is 5.97. The number of aryl methyl sites for hydroxylation is 1. The summed E-state index contributed by atoms with van der Waals surface area (Å²) in [5.74, 6) is -0.765. The summed E-state index contributed by atoms with van der Waals surface area (Å²) in [4.78, 5) is 10.1. The number of carboxylic acid groups (broad SMARTS) is 1. The van der Waals surface area contributed by atoms with Crippen molar-refractivity contribution < 1.29 is 33.5 Å². The molecule has 1 aromatic carbocycles. The van der Waals surface area contributed by atoms with Crippen molar-refractivity contribution in [1.29, 1.82) is 0 Å². The minimum Gasteiger partial charge on any atom is -0.546 e. The Balaban J connectivity index is 0.00000169. The van der Waals surface area contributed by atoms with E-state index in [-0.39, 0.29) is 18.9 Å². The van der Waals surface area contributed by atoms with Crippen LogP contribution in [0.3, 0.4) is 0 Å². The number of carbonyl (C=O) groups is 1. The molecule has 0 radical (unpaired) electrons. The number of aliphatic carboxylic acids is 1. The third-order valence-corrected chi connectivity index (χ3v) is 1.91. The molecule has 70 valence electrons. The summed E-state index contributed by atoms with van der Waals surface area (Å²) in [5, 5.41) is 10.7. The van der Waals surface area contributed by atoms with Gasteiger partial charge in [0.1, 0.15) is 12.4 Å². The largest absolute Gasteiger partial charge is 1.00 e. The van der Waals surface area contributed by atoms with Gasteiger partial charge in [-0.25, -0.2) is 0 Å². The van der Waals surface area contributed by atoms with Crippen molar-refractivity contribution in [3.8, 4) is 5.75 Å². The van der Waals surface area contributed by atoms with Gasteiger partial charge in [-0.1, -0.05) is 11.6 Å². The van der Waals surface area contributed by atoms with Crippen molar-refractivity contribution in [2.75, 3.05) is 6.61 Å². The number of carbonyl (C=O) groups excluding carboxylic acids is 1. The van der Waals surface area contributed by atoms with Gasteiger partial charge in [-0.05, 0) is 30.7 Å². The summed E-state index contributed by atoms with van der Waals surface area (Å²) in [6, 6.07) is 4.94. The fraction of sp³-hybridized carbons (Fsp3) is 0.222. The molecule has 0 fully saturated rings. The molecule has 0 unspecified atom stereocenters. The molecule has 0 bridgehead atoms. The quantitative estimate of drug-likeness (QED) is 0.527. The SMILES string of the molecule is Cc1cc(OCC(=O)[O-])ccc1Cl.[Li+]. The summed E-state index contributed by atoms with van der Waals surface area (Å²) >= 11 is 5.76.